The number of halogens is 1. The Morgan fingerprint density at radius 2 is 1.83 bits per heavy atom. The van der Waals surface area contributed by atoms with Crippen molar-refractivity contribution in [2.75, 3.05) is 0 Å². The van der Waals surface area contributed by atoms with Gasteiger partial charge in [0.15, 0.2) is 0 Å². The van der Waals surface area contributed by atoms with E-state index in [9.17, 15) is 10.2 Å². The summed E-state index contributed by atoms with van der Waals surface area (Å²) in [6.45, 7) is 4.77. The smallest absolute Gasteiger partial charge is 0.0809 e. The Morgan fingerprint density at radius 1 is 1.03 bits per heavy atom. The summed E-state index contributed by atoms with van der Waals surface area (Å²) in [7, 11) is 0. The van der Waals surface area contributed by atoms with E-state index in [-0.39, 0.29) is 23.0 Å². The Hall–Kier alpha value is -1.09. The molecule has 1 aromatic rings. The summed E-state index contributed by atoms with van der Waals surface area (Å²) >= 11 is 6.40. The highest BCUT2D eigenvalue weighted by Crippen LogP contribution is 2.65. The summed E-state index contributed by atoms with van der Waals surface area (Å²) in [4.78, 5) is 0. The fourth-order valence-electron chi connectivity index (χ4n) is 7.43. The van der Waals surface area contributed by atoms with Crippen LogP contribution in [0.3, 0.4) is 0 Å². The molecule has 156 valence electrons. The standard InChI is InChI=1S/C26H33ClO2/c1-25-11-9-19(28)15-18(25)7-8-20-21(25)10-12-26(2)22(20)14-17(24(26)29)13-16-5-3-4-6-23(16)27/h3-7,13,19-22,24,28-29H,8-12,14-15H2,1-2H3/b17-13+/t19-,20-,21+,22-,24+,25+,26-/m1/s1. The van der Waals surface area contributed by atoms with Gasteiger partial charge in [-0.15, -0.1) is 0 Å². The molecule has 0 saturated heterocycles. The van der Waals surface area contributed by atoms with Crippen molar-refractivity contribution in [3.63, 3.8) is 0 Å². The van der Waals surface area contributed by atoms with Crippen molar-refractivity contribution >= 4 is 17.7 Å². The predicted molar refractivity (Wildman–Crippen MR) is 119 cm³/mol. The van der Waals surface area contributed by atoms with E-state index >= 15 is 0 Å². The second-order valence-corrected chi connectivity index (χ2v) is 11.0. The van der Waals surface area contributed by atoms with Crippen LogP contribution in [-0.2, 0) is 0 Å². The van der Waals surface area contributed by atoms with Crippen molar-refractivity contribution in [2.24, 2.45) is 28.6 Å². The van der Waals surface area contributed by atoms with Crippen molar-refractivity contribution in [2.45, 2.75) is 71.0 Å². The van der Waals surface area contributed by atoms with Crippen molar-refractivity contribution in [3.8, 4) is 0 Å². The van der Waals surface area contributed by atoms with Gasteiger partial charge in [0, 0.05) is 10.4 Å². The Bertz CT molecular complexity index is 873. The number of fused-ring (bicyclic) bond motifs is 5. The quantitative estimate of drug-likeness (QED) is 0.554. The molecule has 0 spiro atoms. The second-order valence-electron chi connectivity index (χ2n) is 10.5. The maximum absolute atomic E-state index is 11.4. The van der Waals surface area contributed by atoms with E-state index in [1.807, 2.05) is 24.3 Å². The third-order valence-electron chi connectivity index (χ3n) is 9.19. The molecule has 0 amide bonds. The average Bonchev–Trinajstić information content (AvgIpc) is 2.95. The monoisotopic (exact) mass is 412 g/mol. The lowest BCUT2D eigenvalue weighted by molar-refractivity contribution is -0.0685. The molecular weight excluding hydrogens is 380 g/mol. The molecule has 3 saturated carbocycles. The van der Waals surface area contributed by atoms with Crippen LogP contribution in [0.1, 0.15) is 64.4 Å². The van der Waals surface area contributed by atoms with Crippen LogP contribution in [0.25, 0.3) is 6.08 Å². The summed E-state index contributed by atoms with van der Waals surface area (Å²) in [5.74, 6) is 1.83. The minimum Gasteiger partial charge on any atom is -0.393 e. The molecule has 0 aliphatic heterocycles. The molecule has 0 heterocycles. The van der Waals surface area contributed by atoms with Crippen LogP contribution in [0, 0.1) is 28.6 Å². The number of rotatable bonds is 1. The zero-order valence-electron chi connectivity index (χ0n) is 17.6. The van der Waals surface area contributed by atoms with Gasteiger partial charge >= 0.3 is 0 Å². The van der Waals surface area contributed by atoms with Gasteiger partial charge in [0.05, 0.1) is 12.2 Å². The molecule has 0 radical (unpaired) electrons. The molecule has 2 N–H and O–H groups in total. The predicted octanol–water partition coefficient (Wildman–Crippen LogP) is 6.02. The zero-order chi connectivity index (χ0) is 20.4. The number of allylic oxidation sites excluding steroid dienone is 1. The first-order chi connectivity index (χ1) is 13.8. The van der Waals surface area contributed by atoms with E-state index in [0.717, 1.165) is 54.7 Å². The summed E-state index contributed by atoms with van der Waals surface area (Å²) in [5.41, 5.74) is 3.88. The highest BCUT2D eigenvalue weighted by atomic mass is 35.5. The van der Waals surface area contributed by atoms with Gasteiger partial charge in [0.1, 0.15) is 0 Å². The van der Waals surface area contributed by atoms with Gasteiger partial charge in [-0.3, -0.25) is 0 Å². The van der Waals surface area contributed by atoms with E-state index in [4.69, 9.17) is 11.6 Å². The molecule has 5 rings (SSSR count). The van der Waals surface area contributed by atoms with Gasteiger partial charge in [-0.05, 0) is 85.3 Å². The lowest BCUT2D eigenvalue weighted by Gasteiger charge is -2.57. The lowest BCUT2D eigenvalue weighted by atomic mass is 9.48. The fourth-order valence-corrected chi connectivity index (χ4v) is 7.62. The maximum Gasteiger partial charge on any atom is 0.0809 e. The van der Waals surface area contributed by atoms with Crippen molar-refractivity contribution in [3.05, 3.63) is 52.1 Å². The van der Waals surface area contributed by atoms with E-state index in [2.05, 4.69) is 26.0 Å². The zero-order valence-corrected chi connectivity index (χ0v) is 18.3. The summed E-state index contributed by atoms with van der Waals surface area (Å²) < 4.78 is 0. The summed E-state index contributed by atoms with van der Waals surface area (Å²) in [5, 5.41) is 22.3. The van der Waals surface area contributed by atoms with Gasteiger partial charge in [0.2, 0.25) is 0 Å². The van der Waals surface area contributed by atoms with Crippen LogP contribution in [0.4, 0.5) is 0 Å². The highest BCUT2D eigenvalue weighted by Gasteiger charge is 2.59. The van der Waals surface area contributed by atoms with Gasteiger partial charge < -0.3 is 10.2 Å². The van der Waals surface area contributed by atoms with Gasteiger partial charge in [0.25, 0.3) is 0 Å². The Kier molecular flexibility index (Phi) is 4.77. The molecule has 0 bridgehead atoms. The summed E-state index contributed by atoms with van der Waals surface area (Å²) in [6.07, 6.45) is 11.3. The topological polar surface area (TPSA) is 40.5 Å². The van der Waals surface area contributed by atoms with Crippen molar-refractivity contribution < 1.29 is 10.2 Å². The largest absolute Gasteiger partial charge is 0.393 e. The molecule has 3 heteroatoms. The van der Waals surface area contributed by atoms with E-state index in [1.54, 1.807) is 0 Å². The molecule has 4 aliphatic rings. The first kappa shape index (κ1) is 19.8. The number of aliphatic hydroxyl groups is 2. The van der Waals surface area contributed by atoms with Crippen LogP contribution in [-0.4, -0.2) is 22.4 Å². The van der Waals surface area contributed by atoms with Crippen LogP contribution >= 0.6 is 11.6 Å². The van der Waals surface area contributed by atoms with Crippen LogP contribution in [0.2, 0.25) is 5.02 Å². The SMILES string of the molecule is C[C@@]12CC[C@H]3[C@@H](CC=C4C[C@H](O)CC[C@@]43C)[C@H]1C/C(=C\c1ccccc1Cl)[C@@H]2O. The van der Waals surface area contributed by atoms with Crippen LogP contribution in [0.5, 0.6) is 0 Å². The molecule has 1 aromatic carbocycles. The minimum atomic E-state index is -0.379. The number of hydrogen-bond donors (Lipinski definition) is 2. The average molecular weight is 413 g/mol. The molecule has 7 atom stereocenters. The molecule has 3 fully saturated rings. The fraction of sp³-hybridized carbons (Fsp3) is 0.615. The summed E-state index contributed by atoms with van der Waals surface area (Å²) in [6, 6.07) is 7.93. The molecular formula is C26H33ClO2. The van der Waals surface area contributed by atoms with Crippen LogP contribution in [0.15, 0.2) is 41.5 Å². The molecule has 4 aliphatic carbocycles. The normalized spacial score (nSPS) is 45.3. The Morgan fingerprint density at radius 3 is 2.62 bits per heavy atom. The van der Waals surface area contributed by atoms with E-state index in [1.165, 1.54) is 12.0 Å². The molecule has 0 unspecified atom stereocenters. The third-order valence-corrected chi connectivity index (χ3v) is 9.54. The highest BCUT2D eigenvalue weighted by molar-refractivity contribution is 6.32. The van der Waals surface area contributed by atoms with Gasteiger partial charge in [-0.2, -0.15) is 0 Å². The van der Waals surface area contributed by atoms with E-state index in [0.29, 0.717) is 17.8 Å². The van der Waals surface area contributed by atoms with E-state index < -0.39 is 0 Å². The molecule has 2 nitrogen and oxygen atoms in total. The second kappa shape index (κ2) is 6.97. The molecule has 29 heavy (non-hydrogen) atoms. The number of hydrogen-bond acceptors (Lipinski definition) is 2. The van der Waals surface area contributed by atoms with Crippen molar-refractivity contribution in [1.82, 2.24) is 0 Å². The Balaban J connectivity index is 1.48. The first-order valence-electron chi connectivity index (χ1n) is 11.3. The van der Waals surface area contributed by atoms with Crippen molar-refractivity contribution in [1.29, 1.82) is 0 Å². The number of aliphatic hydroxyl groups excluding tert-OH is 2. The van der Waals surface area contributed by atoms with Crippen LogP contribution < -0.4 is 0 Å². The van der Waals surface area contributed by atoms with Gasteiger partial charge in [-0.1, -0.05) is 61.4 Å². The third kappa shape index (κ3) is 2.98. The van der Waals surface area contributed by atoms with Gasteiger partial charge in [-0.25, -0.2) is 0 Å². The minimum absolute atomic E-state index is 0.0376. The first-order valence-corrected chi connectivity index (χ1v) is 11.7. The molecule has 0 aromatic heterocycles. The maximum atomic E-state index is 11.4. The number of benzene rings is 1. The lowest BCUT2D eigenvalue weighted by Crippen LogP contribution is -2.51. The Labute approximate surface area is 179 Å².